The van der Waals surface area contributed by atoms with Crippen molar-refractivity contribution in [2.24, 2.45) is 0 Å². The number of ketones is 1. The average Bonchev–Trinajstić information content (AvgIpc) is 2.99. The Morgan fingerprint density at radius 3 is 2.39 bits per heavy atom. The first-order valence-corrected chi connectivity index (χ1v) is 10.5. The Morgan fingerprint density at radius 1 is 1.13 bits per heavy atom. The number of fused-ring (bicyclic) bond motifs is 2. The number of rotatable bonds is 7. The first-order chi connectivity index (χ1) is 14.9. The molecule has 0 radical (unpaired) electrons. The number of methoxy groups -OCH3 is 2. The summed E-state index contributed by atoms with van der Waals surface area (Å²) < 4.78 is 10.9. The summed E-state index contributed by atoms with van der Waals surface area (Å²) in [4.78, 5) is 30.0. The molecule has 4 rings (SSSR count). The lowest BCUT2D eigenvalue weighted by Gasteiger charge is -2.37. The minimum Gasteiger partial charge on any atom is -0.497 e. The van der Waals surface area contributed by atoms with Gasteiger partial charge in [0.25, 0.3) is 0 Å². The van der Waals surface area contributed by atoms with Gasteiger partial charge in [-0.3, -0.25) is 9.59 Å². The predicted octanol–water partition coefficient (Wildman–Crippen LogP) is 3.93. The maximum atomic E-state index is 13.6. The molecule has 2 aromatic carbocycles. The number of ether oxygens (including phenoxy) is 2. The molecule has 1 aliphatic carbocycles. The third kappa shape index (κ3) is 3.56. The van der Waals surface area contributed by atoms with Crippen LogP contribution in [0.25, 0.3) is 0 Å². The summed E-state index contributed by atoms with van der Waals surface area (Å²) in [6.07, 6.45) is 5.87. The second-order valence-corrected chi connectivity index (χ2v) is 8.39. The number of hydrogen-bond acceptors (Lipinski definition) is 5. The zero-order valence-electron chi connectivity index (χ0n) is 18.5. The largest absolute Gasteiger partial charge is 0.497 e. The number of anilines is 1. The first-order valence-electron chi connectivity index (χ1n) is 10.5. The van der Waals surface area contributed by atoms with Crippen LogP contribution in [-0.4, -0.2) is 44.9 Å². The van der Waals surface area contributed by atoms with E-state index >= 15 is 0 Å². The van der Waals surface area contributed by atoms with Crippen molar-refractivity contribution in [1.82, 2.24) is 4.90 Å². The van der Waals surface area contributed by atoms with E-state index in [1.165, 1.54) is 0 Å². The highest BCUT2D eigenvalue weighted by molar-refractivity contribution is 6.12. The Labute approximate surface area is 183 Å². The lowest BCUT2D eigenvalue weighted by Crippen LogP contribution is -2.44. The summed E-state index contributed by atoms with van der Waals surface area (Å²) in [7, 11) is 6.95. The third-order valence-corrected chi connectivity index (χ3v) is 6.25. The van der Waals surface area contributed by atoms with Crippen LogP contribution in [0.15, 0.2) is 48.7 Å². The van der Waals surface area contributed by atoms with Crippen LogP contribution < -0.4 is 14.4 Å². The average molecular weight is 421 g/mol. The van der Waals surface area contributed by atoms with Crippen molar-refractivity contribution in [2.45, 2.75) is 31.2 Å². The van der Waals surface area contributed by atoms with Gasteiger partial charge in [-0.1, -0.05) is 18.6 Å². The predicted molar refractivity (Wildman–Crippen MR) is 120 cm³/mol. The number of allylic oxidation sites excluding steroid dienone is 1. The van der Waals surface area contributed by atoms with Gasteiger partial charge in [0.15, 0.2) is 5.78 Å². The molecule has 0 saturated heterocycles. The molecule has 1 aliphatic heterocycles. The normalized spacial score (nSPS) is 16.4. The van der Waals surface area contributed by atoms with Crippen molar-refractivity contribution in [3.63, 3.8) is 0 Å². The molecular weight excluding hydrogens is 392 g/mol. The van der Waals surface area contributed by atoms with Crippen LogP contribution in [0.1, 0.15) is 40.7 Å². The van der Waals surface area contributed by atoms with E-state index in [0.29, 0.717) is 17.9 Å². The van der Waals surface area contributed by atoms with Gasteiger partial charge >= 0.3 is 0 Å². The molecule has 0 bridgehead atoms. The molecule has 1 amide bonds. The van der Waals surface area contributed by atoms with Crippen LogP contribution in [0.3, 0.4) is 0 Å². The van der Waals surface area contributed by atoms with E-state index < -0.39 is 5.41 Å². The summed E-state index contributed by atoms with van der Waals surface area (Å²) >= 11 is 0. The molecule has 1 saturated carbocycles. The molecule has 6 nitrogen and oxygen atoms in total. The Kier molecular flexibility index (Phi) is 5.48. The Bertz CT molecular complexity index is 1040. The fourth-order valence-electron chi connectivity index (χ4n) is 4.41. The van der Waals surface area contributed by atoms with E-state index in [2.05, 4.69) is 0 Å². The summed E-state index contributed by atoms with van der Waals surface area (Å²) in [5.41, 5.74) is 2.71. The maximum absolute atomic E-state index is 13.6. The van der Waals surface area contributed by atoms with Crippen LogP contribution >= 0.6 is 0 Å². The molecular formula is C25H28N2O4. The van der Waals surface area contributed by atoms with Gasteiger partial charge in [-0.2, -0.15) is 0 Å². The topological polar surface area (TPSA) is 59.1 Å². The van der Waals surface area contributed by atoms with Crippen LogP contribution in [0, 0.1) is 0 Å². The van der Waals surface area contributed by atoms with Gasteiger partial charge in [0.2, 0.25) is 5.91 Å². The van der Waals surface area contributed by atoms with E-state index in [1.807, 2.05) is 54.2 Å². The summed E-state index contributed by atoms with van der Waals surface area (Å²) in [6.45, 7) is 0.446. The second-order valence-electron chi connectivity index (χ2n) is 8.39. The minimum absolute atomic E-state index is 0.0938. The Morgan fingerprint density at radius 2 is 1.84 bits per heavy atom. The molecule has 2 aromatic rings. The van der Waals surface area contributed by atoms with Gasteiger partial charge in [-0.05, 0) is 48.2 Å². The van der Waals surface area contributed by atoms with Gasteiger partial charge in [-0.15, -0.1) is 0 Å². The molecule has 0 N–H and O–H groups in total. The second kappa shape index (κ2) is 8.10. The van der Waals surface area contributed by atoms with Crippen LogP contribution in [0.5, 0.6) is 11.5 Å². The van der Waals surface area contributed by atoms with E-state index in [9.17, 15) is 9.59 Å². The van der Waals surface area contributed by atoms with Crippen molar-refractivity contribution >= 4 is 17.4 Å². The van der Waals surface area contributed by atoms with Gasteiger partial charge < -0.3 is 19.3 Å². The van der Waals surface area contributed by atoms with Crippen molar-refractivity contribution < 1.29 is 19.1 Å². The highest BCUT2D eigenvalue weighted by Gasteiger charge is 2.55. The quantitative estimate of drug-likeness (QED) is 0.502. The number of nitrogens with zero attached hydrogens (tertiary/aromatic N) is 2. The maximum Gasteiger partial charge on any atom is 0.238 e. The fourth-order valence-corrected chi connectivity index (χ4v) is 4.41. The number of hydrogen-bond donors (Lipinski definition) is 0. The van der Waals surface area contributed by atoms with Crippen molar-refractivity contribution in [1.29, 1.82) is 0 Å². The first kappa shape index (κ1) is 21.0. The van der Waals surface area contributed by atoms with Gasteiger partial charge in [-0.25, -0.2) is 0 Å². The van der Waals surface area contributed by atoms with Gasteiger partial charge in [0, 0.05) is 31.9 Å². The van der Waals surface area contributed by atoms with Gasteiger partial charge in [0.05, 0.1) is 31.9 Å². The van der Waals surface area contributed by atoms with Crippen LogP contribution in [0.4, 0.5) is 5.69 Å². The van der Waals surface area contributed by atoms with E-state index in [1.54, 1.807) is 32.6 Å². The fraction of sp³-hybridized carbons (Fsp3) is 0.360. The molecule has 6 heteroatoms. The van der Waals surface area contributed by atoms with E-state index in [4.69, 9.17) is 9.47 Å². The van der Waals surface area contributed by atoms with Crippen LogP contribution in [-0.2, 0) is 16.8 Å². The zero-order valence-corrected chi connectivity index (χ0v) is 18.5. The number of amides is 1. The monoisotopic (exact) mass is 420 g/mol. The highest BCUT2D eigenvalue weighted by atomic mass is 16.5. The SMILES string of the molecule is COc1ccc(CN2C(=O)C3(CCC3)c3cc(C(=O)/C=C/N(C)C)cc(OC)c32)cc1. The molecule has 0 unspecified atom stereocenters. The molecule has 31 heavy (non-hydrogen) atoms. The molecule has 0 aromatic heterocycles. The summed E-state index contributed by atoms with van der Waals surface area (Å²) in [5.74, 6) is 1.32. The smallest absolute Gasteiger partial charge is 0.238 e. The summed E-state index contributed by atoms with van der Waals surface area (Å²) in [6, 6.07) is 11.4. The molecule has 0 atom stereocenters. The van der Waals surface area contributed by atoms with E-state index in [-0.39, 0.29) is 11.7 Å². The van der Waals surface area contributed by atoms with Crippen molar-refractivity contribution in [3.05, 3.63) is 65.4 Å². The number of carbonyl (C=O) groups is 2. The highest BCUT2D eigenvalue weighted by Crippen LogP contribution is 2.56. The third-order valence-electron chi connectivity index (χ3n) is 6.25. The van der Waals surface area contributed by atoms with Gasteiger partial charge in [0.1, 0.15) is 11.5 Å². The molecule has 1 spiro atoms. The molecule has 2 aliphatic rings. The van der Waals surface area contributed by atoms with E-state index in [0.717, 1.165) is 41.8 Å². The number of benzene rings is 2. The minimum atomic E-state index is -0.545. The number of carbonyl (C=O) groups excluding carboxylic acids is 2. The molecule has 162 valence electrons. The lowest BCUT2D eigenvalue weighted by molar-refractivity contribution is -0.126. The standard InChI is InChI=1S/C25H28N2O4/c1-26(2)13-10-21(28)18-14-20-23(22(15-18)31-4)27(24(29)25(20)11-5-12-25)16-17-6-8-19(30-3)9-7-17/h6-10,13-15H,5,11-12,16H2,1-4H3/b13-10+. The van der Waals surface area contributed by atoms with Crippen molar-refractivity contribution in [2.75, 3.05) is 33.2 Å². The zero-order chi connectivity index (χ0) is 22.2. The lowest BCUT2D eigenvalue weighted by atomic mass is 9.65. The molecule has 1 fully saturated rings. The summed E-state index contributed by atoms with van der Waals surface area (Å²) in [5, 5.41) is 0. The molecule has 1 heterocycles. The van der Waals surface area contributed by atoms with Crippen molar-refractivity contribution in [3.8, 4) is 11.5 Å². The van der Waals surface area contributed by atoms with Crippen LogP contribution in [0.2, 0.25) is 0 Å². The Balaban J connectivity index is 1.76. The Hall–Kier alpha value is -3.28.